The average Bonchev–Trinajstić information content (AvgIpc) is 1.54. The smallest absolute Gasteiger partial charge is 0.0474 e. The lowest BCUT2D eigenvalue weighted by Gasteiger charge is -2.12. The first-order chi connectivity index (χ1) is 44.7. The molecule has 4 heterocycles. The molecule has 0 saturated carbocycles. The van der Waals surface area contributed by atoms with Crippen molar-refractivity contribution in [3.8, 4) is 19.5 Å². The predicted molar refractivity (Wildman–Crippen MR) is 417 cm³/mol. The molecule has 0 fully saturated rings. The van der Waals surface area contributed by atoms with Gasteiger partial charge in [0, 0.05) is 39.7 Å². The summed E-state index contributed by atoms with van der Waals surface area (Å²) >= 11 is 8.34. The fraction of sp³-hybridized carbons (Fsp3) is 0.744. The molecule has 0 atom stereocenters. The summed E-state index contributed by atoms with van der Waals surface area (Å²) in [4.78, 5) is 6.19. The van der Waals surface area contributed by atoms with Crippen molar-refractivity contribution < 1.29 is 0 Å². The summed E-state index contributed by atoms with van der Waals surface area (Å²) in [6, 6.07) is 15.8. The Morgan fingerprint density at radius 2 is 0.411 bits per heavy atom. The van der Waals surface area contributed by atoms with Gasteiger partial charge in [0.05, 0.1) is 0 Å². The Kier molecular flexibility index (Phi) is 43.9. The van der Waals surface area contributed by atoms with Gasteiger partial charge in [0.1, 0.15) is 0 Å². The highest BCUT2D eigenvalue weighted by atomic mass is 32.1. The third-order valence-electron chi connectivity index (χ3n) is 20.7. The predicted octanol–water partition coefficient (Wildman–Crippen LogP) is 32.8. The van der Waals surface area contributed by atoms with Crippen LogP contribution in [-0.4, -0.2) is 0 Å². The van der Waals surface area contributed by atoms with Crippen LogP contribution in [0, 0.1) is 0 Å². The summed E-state index contributed by atoms with van der Waals surface area (Å²) in [5.74, 6) is 0. The minimum atomic E-state index is 1.20. The van der Waals surface area contributed by atoms with Gasteiger partial charge in [-0.15, -0.1) is 45.3 Å². The molecular weight excluding hydrogens is 1160 g/mol. The van der Waals surface area contributed by atoms with Gasteiger partial charge in [0.15, 0.2) is 0 Å². The number of thiophene rings is 4. The van der Waals surface area contributed by atoms with Crippen molar-refractivity contribution in [3.63, 3.8) is 0 Å². The van der Waals surface area contributed by atoms with Gasteiger partial charge in [-0.25, -0.2) is 0 Å². The maximum atomic E-state index is 2.74. The molecule has 0 bridgehead atoms. The molecule has 4 heteroatoms. The SMILES string of the molecule is CCCCCCCCCCCCCCCCc1ccsc1-c1cc2c(CCCCCCCCCCCCCCCC)cc3c(cc(CCCCCCCCCCCCCCCC)c4cc(-c5sccc5CCCCCCCCCCCCCCCC)sc43)c2s1. The van der Waals surface area contributed by atoms with Crippen LogP contribution in [0.15, 0.2) is 47.2 Å². The maximum absolute atomic E-state index is 2.74. The second kappa shape index (κ2) is 51.3. The zero-order chi connectivity index (χ0) is 63.0. The van der Waals surface area contributed by atoms with E-state index in [4.69, 9.17) is 0 Å². The molecule has 4 aromatic heterocycles. The Bertz CT molecular complexity index is 2450. The molecule has 6 aromatic rings. The third kappa shape index (κ3) is 30.8. The fourth-order valence-electron chi connectivity index (χ4n) is 14.9. The summed E-state index contributed by atoms with van der Waals surface area (Å²) in [6.07, 6.45) is 84.3. The Hall–Kier alpha value is -1.98. The van der Waals surface area contributed by atoms with Crippen molar-refractivity contribution >= 4 is 76.3 Å². The van der Waals surface area contributed by atoms with Crippen LogP contribution in [0.2, 0.25) is 0 Å². The number of benzene rings is 2. The normalized spacial score (nSPS) is 12.0. The monoisotopic (exact) mass is 1300 g/mol. The van der Waals surface area contributed by atoms with Gasteiger partial charge in [-0.2, -0.15) is 0 Å². The van der Waals surface area contributed by atoms with Crippen LogP contribution in [0.3, 0.4) is 0 Å². The Morgan fingerprint density at radius 3 is 0.633 bits per heavy atom. The van der Waals surface area contributed by atoms with E-state index in [9.17, 15) is 0 Å². The van der Waals surface area contributed by atoms with Gasteiger partial charge in [-0.05, 0) is 132 Å². The molecule has 508 valence electrons. The number of aryl methyl sites for hydroxylation is 4. The quantitative estimate of drug-likeness (QED) is 0.0334. The maximum Gasteiger partial charge on any atom is 0.0474 e. The lowest BCUT2D eigenvalue weighted by Crippen LogP contribution is -1.92. The van der Waals surface area contributed by atoms with Crippen molar-refractivity contribution in [2.24, 2.45) is 0 Å². The standard InChI is InChI=1S/C86H140S4/c1-5-9-13-17-21-25-29-33-37-41-45-49-53-57-61-73-65-67-87-83(73)81-71-77-75(63-59-55-51-47-43-39-35-31-27-23-19-15-11-7-3)69-80-79(85(77)89-81)70-76(64-60-56-52-48-44-40-36-32-28-24-20-16-12-8-4)78-72-82(90-86(78)80)84-74(66-68-88-84)62-58-54-50-46-42-38-34-30-26-22-18-14-10-6-2/h65-72H,5-64H2,1-4H3. The van der Waals surface area contributed by atoms with Crippen molar-refractivity contribution in [3.05, 3.63) is 69.4 Å². The average molecular weight is 1300 g/mol. The van der Waals surface area contributed by atoms with Crippen molar-refractivity contribution in [2.75, 3.05) is 0 Å². The highest BCUT2D eigenvalue weighted by molar-refractivity contribution is 7.27. The second-order valence-electron chi connectivity index (χ2n) is 28.8. The lowest BCUT2D eigenvalue weighted by molar-refractivity contribution is 0.535. The Balaban J connectivity index is 1.15. The molecule has 0 aliphatic heterocycles. The third-order valence-corrected chi connectivity index (χ3v) is 25.3. The highest BCUT2D eigenvalue weighted by Gasteiger charge is 2.21. The topological polar surface area (TPSA) is 0 Å². The number of hydrogen-bond donors (Lipinski definition) is 0. The summed E-state index contributed by atoms with van der Waals surface area (Å²) in [7, 11) is 0. The first kappa shape index (κ1) is 77.0. The van der Waals surface area contributed by atoms with Gasteiger partial charge >= 0.3 is 0 Å². The molecule has 2 aromatic carbocycles. The van der Waals surface area contributed by atoms with Gasteiger partial charge in [-0.3, -0.25) is 0 Å². The van der Waals surface area contributed by atoms with Gasteiger partial charge in [0.25, 0.3) is 0 Å². The largest absolute Gasteiger partial charge is 0.143 e. The van der Waals surface area contributed by atoms with Crippen molar-refractivity contribution in [2.45, 2.75) is 413 Å². The van der Waals surface area contributed by atoms with Crippen LogP contribution in [-0.2, 0) is 25.7 Å². The summed E-state index contributed by atoms with van der Waals surface area (Å²) in [5, 5.41) is 11.1. The van der Waals surface area contributed by atoms with Crippen LogP contribution in [0.4, 0.5) is 0 Å². The van der Waals surface area contributed by atoms with Gasteiger partial charge in [0.2, 0.25) is 0 Å². The molecule has 0 radical (unpaired) electrons. The molecule has 0 aliphatic carbocycles. The van der Waals surface area contributed by atoms with E-state index < -0.39 is 0 Å². The van der Waals surface area contributed by atoms with Crippen LogP contribution in [0.25, 0.3) is 50.5 Å². The summed E-state index contributed by atoms with van der Waals surface area (Å²) in [6.45, 7) is 9.31. The molecule has 0 nitrogen and oxygen atoms in total. The summed E-state index contributed by atoms with van der Waals surface area (Å²) in [5.41, 5.74) is 6.45. The number of hydrogen-bond acceptors (Lipinski definition) is 4. The van der Waals surface area contributed by atoms with Crippen LogP contribution < -0.4 is 0 Å². The molecular formula is C86H140S4. The lowest BCUT2D eigenvalue weighted by atomic mass is 9.93. The van der Waals surface area contributed by atoms with Gasteiger partial charge < -0.3 is 0 Å². The van der Waals surface area contributed by atoms with Crippen LogP contribution in [0.5, 0.6) is 0 Å². The van der Waals surface area contributed by atoms with E-state index in [1.165, 1.54) is 395 Å². The fourth-order valence-corrected chi connectivity index (χ4v) is 19.5. The Labute approximate surface area is 574 Å². The first-order valence-corrected chi connectivity index (χ1v) is 43.6. The van der Waals surface area contributed by atoms with E-state index in [1.54, 1.807) is 63.0 Å². The summed E-state index contributed by atoms with van der Waals surface area (Å²) < 4.78 is 3.15. The highest BCUT2D eigenvalue weighted by Crippen LogP contribution is 2.49. The molecule has 0 unspecified atom stereocenters. The van der Waals surface area contributed by atoms with Crippen molar-refractivity contribution in [1.29, 1.82) is 0 Å². The zero-order valence-corrected chi connectivity index (χ0v) is 62.9. The van der Waals surface area contributed by atoms with E-state index in [0.717, 1.165) is 0 Å². The van der Waals surface area contributed by atoms with Crippen LogP contribution >= 0.6 is 45.3 Å². The van der Waals surface area contributed by atoms with E-state index in [-0.39, 0.29) is 0 Å². The second-order valence-corrected chi connectivity index (χ2v) is 32.7. The first-order valence-electron chi connectivity index (χ1n) is 40.2. The molecule has 0 N–H and O–H groups in total. The van der Waals surface area contributed by atoms with E-state index in [2.05, 4.69) is 97.5 Å². The molecule has 0 spiro atoms. The zero-order valence-electron chi connectivity index (χ0n) is 59.7. The van der Waals surface area contributed by atoms with E-state index in [1.807, 2.05) is 22.7 Å². The van der Waals surface area contributed by atoms with E-state index in [0.29, 0.717) is 0 Å². The molecule has 90 heavy (non-hydrogen) atoms. The molecule has 0 aliphatic rings. The minimum absolute atomic E-state index is 1.20. The van der Waals surface area contributed by atoms with E-state index >= 15 is 0 Å². The molecule has 0 saturated heterocycles. The number of rotatable bonds is 62. The minimum Gasteiger partial charge on any atom is -0.143 e. The number of unbranched alkanes of at least 4 members (excludes halogenated alkanes) is 52. The number of fused-ring (bicyclic) bond motifs is 5. The molecule has 6 rings (SSSR count). The Morgan fingerprint density at radius 1 is 0.211 bits per heavy atom. The van der Waals surface area contributed by atoms with Crippen LogP contribution in [0.1, 0.15) is 410 Å². The van der Waals surface area contributed by atoms with Crippen molar-refractivity contribution in [1.82, 2.24) is 0 Å². The van der Waals surface area contributed by atoms with Gasteiger partial charge in [-0.1, -0.05) is 362 Å². The molecule has 0 amide bonds.